The Bertz CT molecular complexity index is 379. The van der Waals surface area contributed by atoms with Crippen LogP contribution >= 0.6 is 0 Å². The van der Waals surface area contributed by atoms with Crippen LogP contribution in [0.25, 0.3) is 6.08 Å². The van der Waals surface area contributed by atoms with Gasteiger partial charge in [0, 0.05) is 0 Å². The van der Waals surface area contributed by atoms with Crippen LogP contribution in [0.5, 0.6) is 0 Å². The summed E-state index contributed by atoms with van der Waals surface area (Å²) in [5, 5.41) is 0. The minimum absolute atomic E-state index is 0.345. The van der Waals surface area contributed by atoms with E-state index in [1.807, 2.05) is 30.3 Å². The van der Waals surface area contributed by atoms with E-state index in [1.54, 1.807) is 6.08 Å². The minimum Gasteiger partial charge on any atom is -0.285 e. The zero-order chi connectivity index (χ0) is 9.73. The standard InChI is InChI=1S/C9H10O3S/c10-13(11,12)8-4-7-9-5-2-1-3-6-9/h1-7H,8H2,(H,10,11,12). The molecule has 0 amide bonds. The average Bonchev–Trinajstić information content (AvgIpc) is 2.04. The number of benzene rings is 1. The van der Waals surface area contributed by atoms with Crippen LogP contribution in [0.4, 0.5) is 0 Å². The van der Waals surface area contributed by atoms with Gasteiger partial charge in [0.05, 0.1) is 5.75 Å². The van der Waals surface area contributed by atoms with Crippen molar-refractivity contribution in [2.75, 3.05) is 5.75 Å². The van der Waals surface area contributed by atoms with Gasteiger partial charge in [0.1, 0.15) is 0 Å². The topological polar surface area (TPSA) is 54.4 Å². The van der Waals surface area contributed by atoms with E-state index in [2.05, 4.69) is 0 Å². The molecule has 0 aliphatic carbocycles. The Morgan fingerprint density at radius 3 is 2.38 bits per heavy atom. The predicted molar refractivity (Wildman–Crippen MR) is 51.9 cm³/mol. The summed E-state index contributed by atoms with van der Waals surface area (Å²) in [7, 11) is -3.88. The SMILES string of the molecule is O=S(=O)(O)CC=Cc1ccccc1. The van der Waals surface area contributed by atoms with Crippen LogP contribution in [0.2, 0.25) is 0 Å². The molecule has 0 aliphatic rings. The first-order valence-electron chi connectivity index (χ1n) is 3.75. The highest BCUT2D eigenvalue weighted by Gasteiger charge is 1.98. The van der Waals surface area contributed by atoms with Gasteiger partial charge in [-0.05, 0) is 5.56 Å². The summed E-state index contributed by atoms with van der Waals surface area (Å²) in [6.07, 6.45) is 3.05. The lowest BCUT2D eigenvalue weighted by atomic mass is 10.2. The highest BCUT2D eigenvalue weighted by Crippen LogP contribution is 2.00. The molecule has 13 heavy (non-hydrogen) atoms. The molecule has 1 aromatic carbocycles. The summed E-state index contributed by atoms with van der Waals surface area (Å²) in [6.45, 7) is 0. The zero-order valence-electron chi connectivity index (χ0n) is 6.92. The molecule has 0 unspecified atom stereocenters. The van der Waals surface area contributed by atoms with E-state index < -0.39 is 10.1 Å². The summed E-state index contributed by atoms with van der Waals surface area (Å²) < 4.78 is 29.1. The first-order valence-corrected chi connectivity index (χ1v) is 5.35. The molecular weight excluding hydrogens is 188 g/mol. The third kappa shape index (κ3) is 4.45. The van der Waals surface area contributed by atoms with Gasteiger partial charge in [-0.15, -0.1) is 0 Å². The second kappa shape index (κ2) is 4.20. The Balaban J connectivity index is 2.61. The minimum atomic E-state index is -3.88. The van der Waals surface area contributed by atoms with Crippen molar-refractivity contribution in [3.05, 3.63) is 42.0 Å². The van der Waals surface area contributed by atoms with Gasteiger partial charge >= 0.3 is 0 Å². The van der Waals surface area contributed by atoms with E-state index >= 15 is 0 Å². The van der Waals surface area contributed by atoms with Crippen LogP contribution in [0.1, 0.15) is 5.56 Å². The first kappa shape index (κ1) is 9.95. The Hall–Kier alpha value is -1.13. The van der Waals surface area contributed by atoms with Crippen molar-refractivity contribution in [1.29, 1.82) is 0 Å². The van der Waals surface area contributed by atoms with Crippen molar-refractivity contribution < 1.29 is 13.0 Å². The van der Waals surface area contributed by atoms with Crippen LogP contribution in [0.15, 0.2) is 36.4 Å². The normalized spacial score (nSPS) is 12.1. The molecule has 0 atom stereocenters. The summed E-state index contributed by atoms with van der Waals surface area (Å²) in [4.78, 5) is 0. The third-order valence-electron chi connectivity index (χ3n) is 1.42. The highest BCUT2D eigenvalue weighted by molar-refractivity contribution is 7.85. The molecule has 1 aromatic rings. The number of hydrogen-bond donors (Lipinski definition) is 1. The van der Waals surface area contributed by atoms with Crippen molar-refractivity contribution >= 4 is 16.2 Å². The molecule has 0 bridgehead atoms. The van der Waals surface area contributed by atoms with Crippen LogP contribution in [-0.2, 0) is 10.1 Å². The van der Waals surface area contributed by atoms with Crippen LogP contribution in [0, 0.1) is 0 Å². The summed E-state index contributed by atoms with van der Waals surface area (Å²) in [6, 6.07) is 9.28. The zero-order valence-corrected chi connectivity index (χ0v) is 7.74. The van der Waals surface area contributed by atoms with E-state index in [9.17, 15) is 8.42 Å². The largest absolute Gasteiger partial charge is 0.285 e. The van der Waals surface area contributed by atoms with E-state index in [-0.39, 0.29) is 5.75 Å². The van der Waals surface area contributed by atoms with Gasteiger partial charge in [-0.25, -0.2) is 0 Å². The molecule has 70 valence electrons. The first-order chi connectivity index (χ1) is 6.08. The van der Waals surface area contributed by atoms with Gasteiger partial charge in [0.2, 0.25) is 0 Å². The summed E-state index contributed by atoms with van der Waals surface area (Å²) >= 11 is 0. The van der Waals surface area contributed by atoms with Gasteiger partial charge in [-0.1, -0.05) is 42.5 Å². The average molecular weight is 198 g/mol. The number of rotatable bonds is 3. The summed E-state index contributed by atoms with van der Waals surface area (Å²) in [5.41, 5.74) is 0.908. The fourth-order valence-corrected chi connectivity index (χ4v) is 1.21. The van der Waals surface area contributed by atoms with Crippen molar-refractivity contribution in [2.24, 2.45) is 0 Å². The van der Waals surface area contributed by atoms with Crippen LogP contribution in [-0.4, -0.2) is 18.7 Å². The molecule has 4 heteroatoms. The summed E-state index contributed by atoms with van der Waals surface area (Å²) in [5.74, 6) is -0.345. The van der Waals surface area contributed by atoms with Gasteiger partial charge in [0.25, 0.3) is 10.1 Å². The molecule has 0 aliphatic heterocycles. The van der Waals surface area contributed by atoms with Gasteiger partial charge < -0.3 is 0 Å². The van der Waals surface area contributed by atoms with Gasteiger partial charge in [-0.3, -0.25) is 4.55 Å². The Morgan fingerprint density at radius 2 is 1.85 bits per heavy atom. The van der Waals surface area contributed by atoms with E-state index in [4.69, 9.17) is 4.55 Å². The Labute approximate surface area is 77.5 Å². The van der Waals surface area contributed by atoms with Crippen molar-refractivity contribution in [1.82, 2.24) is 0 Å². The van der Waals surface area contributed by atoms with E-state index in [0.717, 1.165) is 5.56 Å². The lowest BCUT2D eigenvalue weighted by molar-refractivity contribution is 0.487. The molecule has 0 saturated carbocycles. The fourth-order valence-electron chi connectivity index (χ4n) is 0.870. The quantitative estimate of drug-likeness (QED) is 0.750. The van der Waals surface area contributed by atoms with Gasteiger partial charge in [-0.2, -0.15) is 8.42 Å². The molecule has 3 nitrogen and oxygen atoms in total. The fraction of sp³-hybridized carbons (Fsp3) is 0.111. The molecule has 1 rings (SSSR count). The lowest BCUT2D eigenvalue weighted by Gasteiger charge is -1.90. The molecule has 0 aromatic heterocycles. The van der Waals surface area contributed by atoms with E-state index in [0.29, 0.717) is 0 Å². The monoisotopic (exact) mass is 198 g/mol. The lowest BCUT2D eigenvalue weighted by Crippen LogP contribution is -1.99. The van der Waals surface area contributed by atoms with Gasteiger partial charge in [0.15, 0.2) is 0 Å². The second-order valence-electron chi connectivity index (χ2n) is 2.56. The van der Waals surface area contributed by atoms with Crippen LogP contribution < -0.4 is 0 Å². The molecule has 0 radical (unpaired) electrons. The van der Waals surface area contributed by atoms with Crippen molar-refractivity contribution in [3.63, 3.8) is 0 Å². The molecule has 0 heterocycles. The smallest absolute Gasteiger partial charge is 0.268 e. The van der Waals surface area contributed by atoms with Crippen molar-refractivity contribution in [2.45, 2.75) is 0 Å². The van der Waals surface area contributed by atoms with Crippen molar-refractivity contribution in [3.8, 4) is 0 Å². The maximum Gasteiger partial charge on any atom is 0.268 e. The second-order valence-corrected chi connectivity index (χ2v) is 4.06. The molecule has 0 saturated heterocycles. The Morgan fingerprint density at radius 1 is 1.23 bits per heavy atom. The van der Waals surface area contributed by atoms with E-state index in [1.165, 1.54) is 6.08 Å². The maximum atomic E-state index is 10.3. The molecule has 0 spiro atoms. The predicted octanol–water partition coefficient (Wildman–Crippen LogP) is 1.59. The third-order valence-corrected chi connectivity index (χ3v) is 2.03. The number of hydrogen-bond acceptors (Lipinski definition) is 2. The molecule has 1 N–H and O–H groups in total. The Kier molecular flexibility index (Phi) is 3.22. The highest BCUT2D eigenvalue weighted by atomic mass is 32.2. The molecular formula is C9H10O3S. The van der Waals surface area contributed by atoms with Crippen LogP contribution in [0.3, 0.4) is 0 Å². The maximum absolute atomic E-state index is 10.3. The molecule has 0 fully saturated rings.